The fourth-order valence-electron chi connectivity index (χ4n) is 1.81. The number of amides is 1. The van der Waals surface area contributed by atoms with Gasteiger partial charge in [-0.3, -0.25) is 4.79 Å². The monoisotopic (exact) mass is 275 g/mol. The van der Waals surface area contributed by atoms with E-state index in [1.807, 2.05) is 19.1 Å². The van der Waals surface area contributed by atoms with Gasteiger partial charge in [0, 0.05) is 16.1 Å². The number of rotatable bonds is 2. The van der Waals surface area contributed by atoms with Crippen molar-refractivity contribution in [1.82, 2.24) is 0 Å². The lowest BCUT2D eigenvalue weighted by molar-refractivity contribution is 0.102. The van der Waals surface area contributed by atoms with E-state index in [0.717, 1.165) is 10.5 Å². The fraction of sp³-hybridized carbons (Fsp3) is 0.133. The lowest BCUT2D eigenvalue weighted by Gasteiger charge is -2.10. The van der Waals surface area contributed by atoms with Crippen LogP contribution < -0.4 is 5.32 Å². The molecule has 2 nitrogen and oxygen atoms in total. The summed E-state index contributed by atoms with van der Waals surface area (Å²) in [7, 11) is 0. The number of hydrogen-bond donors (Lipinski definition) is 2. The highest BCUT2D eigenvalue weighted by molar-refractivity contribution is 7.80. The summed E-state index contributed by atoms with van der Waals surface area (Å²) in [6.07, 6.45) is 0. The summed E-state index contributed by atoms with van der Waals surface area (Å²) in [5, 5.41) is 2.78. The molecule has 19 heavy (non-hydrogen) atoms. The number of nitrogens with one attached hydrogen (secondary N) is 1. The van der Waals surface area contributed by atoms with Crippen molar-refractivity contribution in [2.45, 2.75) is 18.7 Å². The number of hydrogen-bond acceptors (Lipinski definition) is 2. The summed E-state index contributed by atoms with van der Waals surface area (Å²) >= 11 is 4.23. The number of carbonyl (C=O) groups is 1. The Bertz CT molecular complexity index is 640. The van der Waals surface area contributed by atoms with Crippen molar-refractivity contribution in [2.24, 2.45) is 0 Å². The van der Waals surface area contributed by atoms with Crippen LogP contribution in [-0.2, 0) is 0 Å². The van der Waals surface area contributed by atoms with Gasteiger partial charge in [-0.1, -0.05) is 6.07 Å². The smallest absolute Gasteiger partial charge is 0.255 e. The predicted molar refractivity (Wildman–Crippen MR) is 77.5 cm³/mol. The summed E-state index contributed by atoms with van der Waals surface area (Å²) in [5.41, 5.74) is 2.73. The molecule has 2 rings (SSSR count). The van der Waals surface area contributed by atoms with Crippen LogP contribution in [0.15, 0.2) is 41.3 Å². The summed E-state index contributed by atoms with van der Waals surface area (Å²) < 4.78 is 13.0. The van der Waals surface area contributed by atoms with Crippen LogP contribution in [-0.4, -0.2) is 5.91 Å². The van der Waals surface area contributed by atoms with Crippen molar-refractivity contribution < 1.29 is 9.18 Å². The Morgan fingerprint density at radius 2 is 1.84 bits per heavy atom. The van der Waals surface area contributed by atoms with E-state index in [9.17, 15) is 9.18 Å². The maximum absolute atomic E-state index is 13.0. The van der Waals surface area contributed by atoms with E-state index in [0.29, 0.717) is 16.8 Å². The first-order chi connectivity index (χ1) is 8.97. The lowest BCUT2D eigenvalue weighted by atomic mass is 10.1. The summed E-state index contributed by atoms with van der Waals surface area (Å²) in [6, 6.07) is 9.66. The van der Waals surface area contributed by atoms with E-state index in [4.69, 9.17) is 0 Å². The molecule has 4 heteroatoms. The Balaban J connectivity index is 2.28. The number of halogens is 1. The molecule has 98 valence electrons. The minimum absolute atomic E-state index is 0.219. The Morgan fingerprint density at radius 3 is 2.53 bits per heavy atom. The van der Waals surface area contributed by atoms with Gasteiger partial charge in [0.1, 0.15) is 5.82 Å². The second-order valence-electron chi connectivity index (χ2n) is 4.41. The third-order valence-corrected chi connectivity index (χ3v) is 3.18. The van der Waals surface area contributed by atoms with Crippen LogP contribution in [0.2, 0.25) is 0 Å². The molecule has 0 fully saturated rings. The number of carbonyl (C=O) groups excluding carboxylic acids is 1. The third kappa shape index (κ3) is 3.15. The molecule has 0 aromatic heterocycles. The van der Waals surface area contributed by atoms with E-state index in [-0.39, 0.29) is 11.7 Å². The molecule has 0 aliphatic rings. The topological polar surface area (TPSA) is 29.1 Å². The van der Waals surface area contributed by atoms with E-state index in [1.54, 1.807) is 19.1 Å². The van der Waals surface area contributed by atoms with Gasteiger partial charge in [0.25, 0.3) is 5.91 Å². The molecule has 0 aliphatic carbocycles. The van der Waals surface area contributed by atoms with Crippen LogP contribution in [0.1, 0.15) is 21.5 Å². The highest BCUT2D eigenvalue weighted by Gasteiger charge is 2.11. The third-order valence-electron chi connectivity index (χ3n) is 2.90. The number of benzene rings is 2. The zero-order valence-electron chi connectivity index (χ0n) is 10.7. The summed E-state index contributed by atoms with van der Waals surface area (Å²) in [5.74, 6) is -0.535. The van der Waals surface area contributed by atoms with Crippen LogP contribution >= 0.6 is 12.6 Å². The standard InChI is InChI=1S/C15H14FNOS/c1-9-3-5-12(19)8-13(9)15(18)17-14-6-4-11(16)7-10(14)2/h3-8,19H,1-2H3,(H,17,18). The first-order valence-corrected chi connectivity index (χ1v) is 6.29. The molecule has 0 saturated carbocycles. The SMILES string of the molecule is Cc1cc(F)ccc1NC(=O)c1cc(S)ccc1C. The van der Waals surface area contributed by atoms with Gasteiger partial charge in [-0.2, -0.15) is 0 Å². The van der Waals surface area contributed by atoms with Gasteiger partial charge in [0.05, 0.1) is 0 Å². The minimum Gasteiger partial charge on any atom is -0.322 e. The molecule has 2 aromatic rings. The first-order valence-electron chi connectivity index (χ1n) is 5.84. The van der Waals surface area contributed by atoms with Crippen molar-refractivity contribution >= 4 is 24.2 Å². The zero-order chi connectivity index (χ0) is 14.0. The largest absolute Gasteiger partial charge is 0.322 e. The summed E-state index contributed by atoms with van der Waals surface area (Å²) in [6.45, 7) is 3.61. The molecular weight excluding hydrogens is 261 g/mol. The van der Waals surface area contributed by atoms with Gasteiger partial charge in [-0.05, 0) is 55.3 Å². The molecule has 2 aromatic carbocycles. The molecule has 0 bridgehead atoms. The molecule has 0 spiro atoms. The zero-order valence-corrected chi connectivity index (χ0v) is 11.6. The quantitative estimate of drug-likeness (QED) is 0.797. The molecule has 1 amide bonds. The van der Waals surface area contributed by atoms with E-state index < -0.39 is 0 Å². The van der Waals surface area contributed by atoms with Crippen molar-refractivity contribution in [1.29, 1.82) is 0 Å². The van der Waals surface area contributed by atoms with Crippen molar-refractivity contribution in [3.05, 3.63) is 58.9 Å². The highest BCUT2D eigenvalue weighted by Crippen LogP contribution is 2.19. The second kappa shape index (κ2) is 5.45. The van der Waals surface area contributed by atoms with E-state index in [2.05, 4.69) is 17.9 Å². The molecule has 1 N–H and O–H groups in total. The maximum Gasteiger partial charge on any atom is 0.255 e. The Kier molecular flexibility index (Phi) is 3.90. The molecule has 0 aliphatic heterocycles. The van der Waals surface area contributed by atoms with Crippen LogP contribution in [0, 0.1) is 19.7 Å². The van der Waals surface area contributed by atoms with Crippen molar-refractivity contribution in [3.63, 3.8) is 0 Å². The minimum atomic E-state index is -0.316. The maximum atomic E-state index is 13.0. The predicted octanol–water partition coefficient (Wildman–Crippen LogP) is 3.98. The number of anilines is 1. The van der Waals surface area contributed by atoms with Crippen LogP contribution in [0.25, 0.3) is 0 Å². The number of thiol groups is 1. The average molecular weight is 275 g/mol. The van der Waals surface area contributed by atoms with Gasteiger partial charge in [0.2, 0.25) is 0 Å². The highest BCUT2D eigenvalue weighted by atomic mass is 32.1. The molecule has 0 heterocycles. The molecule has 0 radical (unpaired) electrons. The van der Waals surface area contributed by atoms with Gasteiger partial charge >= 0.3 is 0 Å². The van der Waals surface area contributed by atoms with Crippen molar-refractivity contribution in [3.8, 4) is 0 Å². The Hall–Kier alpha value is -1.81. The van der Waals surface area contributed by atoms with E-state index >= 15 is 0 Å². The summed E-state index contributed by atoms with van der Waals surface area (Å²) in [4.78, 5) is 12.9. The number of aryl methyl sites for hydroxylation is 2. The van der Waals surface area contributed by atoms with Gasteiger partial charge < -0.3 is 5.32 Å². The normalized spacial score (nSPS) is 10.3. The molecule has 0 saturated heterocycles. The average Bonchev–Trinajstić information content (AvgIpc) is 2.35. The van der Waals surface area contributed by atoms with Crippen LogP contribution in [0.3, 0.4) is 0 Å². The lowest BCUT2D eigenvalue weighted by Crippen LogP contribution is -2.14. The van der Waals surface area contributed by atoms with E-state index in [1.165, 1.54) is 12.1 Å². The van der Waals surface area contributed by atoms with Crippen molar-refractivity contribution in [2.75, 3.05) is 5.32 Å². The fourth-order valence-corrected chi connectivity index (χ4v) is 2.02. The molecule has 0 unspecified atom stereocenters. The molecular formula is C15H14FNOS. The van der Waals surface area contributed by atoms with Gasteiger partial charge in [-0.15, -0.1) is 12.6 Å². The molecule has 0 atom stereocenters. The Morgan fingerprint density at radius 1 is 1.11 bits per heavy atom. The van der Waals surface area contributed by atoms with Crippen LogP contribution in [0.4, 0.5) is 10.1 Å². The second-order valence-corrected chi connectivity index (χ2v) is 4.93. The van der Waals surface area contributed by atoms with Gasteiger partial charge in [-0.25, -0.2) is 4.39 Å². The first kappa shape index (κ1) is 13.6. The Labute approximate surface area is 117 Å². The van der Waals surface area contributed by atoms with Gasteiger partial charge in [0.15, 0.2) is 0 Å². The van der Waals surface area contributed by atoms with Crippen LogP contribution in [0.5, 0.6) is 0 Å².